The number of halogens is 1. The summed E-state index contributed by atoms with van der Waals surface area (Å²) < 4.78 is 22.8. The predicted molar refractivity (Wildman–Crippen MR) is 141 cm³/mol. The van der Waals surface area contributed by atoms with Crippen molar-refractivity contribution < 1.29 is 9.13 Å². The predicted octanol–water partition coefficient (Wildman–Crippen LogP) is 8.54. The molecule has 1 nitrogen and oxygen atoms in total. The van der Waals surface area contributed by atoms with Crippen molar-refractivity contribution in [1.82, 2.24) is 0 Å². The first kappa shape index (κ1) is 23.2. The summed E-state index contributed by atoms with van der Waals surface area (Å²) in [5.41, 5.74) is -0.331. The van der Waals surface area contributed by atoms with Gasteiger partial charge in [-0.3, -0.25) is 0 Å². The second-order valence-corrected chi connectivity index (χ2v) is 14.0. The molecular formula is C32H36FOS+. The first-order valence-corrected chi connectivity index (χ1v) is 14.4. The first-order valence-electron chi connectivity index (χ1n) is 13.2. The Labute approximate surface area is 212 Å². The van der Waals surface area contributed by atoms with Gasteiger partial charge in [-0.05, 0) is 92.2 Å². The van der Waals surface area contributed by atoms with Gasteiger partial charge in [0.05, 0.1) is 10.9 Å². The smallest absolute Gasteiger partial charge is 0.170 e. The van der Waals surface area contributed by atoms with Crippen molar-refractivity contribution >= 4 is 10.9 Å². The lowest BCUT2D eigenvalue weighted by Gasteiger charge is -2.64. The fourth-order valence-electron chi connectivity index (χ4n) is 7.82. The van der Waals surface area contributed by atoms with Gasteiger partial charge >= 0.3 is 0 Å². The van der Waals surface area contributed by atoms with Crippen LogP contribution in [0.25, 0.3) is 0 Å². The molecule has 0 atom stereocenters. The molecule has 0 saturated heterocycles. The lowest BCUT2D eigenvalue weighted by molar-refractivity contribution is -0.207. The van der Waals surface area contributed by atoms with E-state index in [4.69, 9.17) is 4.74 Å². The van der Waals surface area contributed by atoms with Gasteiger partial charge in [-0.1, -0.05) is 57.2 Å². The van der Waals surface area contributed by atoms with Crippen LogP contribution in [0.5, 0.6) is 5.75 Å². The van der Waals surface area contributed by atoms with E-state index in [0.717, 1.165) is 16.7 Å². The average molecular weight is 488 g/mol. The number of benzene rings is 3. The lowest BCUT2D eigenvalue weighted by Crippen LogP contribution is -2.66. The Morgan fingerprint density at radius 3 is 1.69 bits per heavy atom. The topological polar surface area (TPSA) is 9.23 Å². The molecule has 0 spiro atoms. The fourth-order valence-corrected chi connectivity index (χ4v) is 9.92. The molecule has 0 unspecified atom stereocenters. The van der Waals surface area contributed by atoms with E-state index in [2.05, 4.69) is 75.4 Å². The first-order chi connectivity index (χ1) is 16.8. The minimum Gasteiger partial charge on any atom is -0.483 e. The van der Waals surface area contributed by atoms with Crippen LogP contribution in [0.4, 0.5) is 4.39 Å². The third-order valence-corrected chi connectivity index (χ3v) is 11.1. The van der Waals surface area contributed by atoms with Gasteiger partial charge in [-0.25, -0.2) is 4.39 Å². The van der Waals surface area contributed by atoms with E-state index in [1.165, 1.54) is 41.9 Å². The molecule has 0 aliphatic heterocycles. The van der Waals surface area contributed by atoms with Crippen molar-refractivity contribution in [2.45, 2.75) is 73.2 Å². The standard InChI is InChI=1S/C32H36FOS/c1-31(2,3)32(24-17-22-16-23(19-24)20-25(32)18-22)34-30-15-14-28(21-29(30)33)35(26-10-6-4-7-11-26)27-12-8-5-9-13-27/h4-15,21-25H,16-20H2,1-3H3/q+1. The van der Waals surface area contributed by atoms with Crippen molar-refractivity contribution in [2.24, 2.45) is 29.1 Å². The molecule has 0 aromatic heterocycles. The molecule has 3 aromatic carbocycles. The van der Waals surface area contributed by atoms with Crippen molar-refractivity contribution in [3.05, 3.63) is 84.7 Å². The number of hydrogen-bond acceptors (Lipinski definition) is 1. The highest BCUT2D eigenvalue weighted by atomic mass is 32.2. The molecule has 4 fully saturated rings. The molecule has 4 saturated carbocycles. The van der Waals surface area contributed by atoms with Gasteiger partial charge in [0, 0.05) is 11.5 Å². The maximum absolute atomic E-state index is 15.9. The minimum absolute atomic E-state index is 0.0426. The molecule has 35 heavy (non-hydrogen) atoms. The molecule has 0 amide bonds. The van der Waals surface area contributed by atoms with Crippen LogP contribution in [-0.4, -0.2) is 5.60 Å². The van der Waals surface area contributed by atoms with Crippen LogP contribution in [0.15, 0.2) is 93.5 Å². The van der Waals surface area contributed by atoms with E-state index in [0.29, 0.717) is 17.6 Å². The zero-order valence-corrected chi connectivity index (χ0v) is 21.9. The summed E-state index contributed by atoms with van der Waals surface area (Å²) in [5, 5.41) is 0. The van der Waals surface area contributed by atoms with Gasteiger partial charge in [0.15, 0.2) is 26.3 Å². The van der Waals surface area contributed by atoms with Gasteiger partial charge in [0.25, 0.3) is 0 Å². The third kappa shape index (κ3) is 3.91. The summed E-state index contributed by atoms with van der Waals surface area (Å²) in [4.78, 5) is 3.38. The minimum atomic E-state index is -0.366. The zero-order chi connectivity index (χ0) is 24.2. The normalized spacial score (nSPS) is 29.5. The summed E-state index contributed by atoms with van der Waals surface area (Å²) in [6, 6.07) is 26.6. The molecule has 4 bridgehead atoms. The second kappa shape index (κ2) is 8.69. The SMILES string of the molecule is CC(C)(C)C1(Oc2ccc([S+](c3ccccc3)c3ccccc3)cc2F)C2CC3CC(C2)CC1C3. The highest BCUT2D eigenvalue weighted by Gasteiger charge is 2.63. The van der Waals surface area contributed by atoms with E-state index in [1.54, 1.807) is 6.07 Å². The van der Waals surface area contributed by atoms with Gasteiger partial charge in [-0.2, -0.15) is 0 Å². The van der Waals surface area contributed by atoms with Gasteiger partial charge in [-0.15, -0.1) is 0 Å². The van der Waals surface area contributed by atoms with E-state index in [-0.39, 0.29) is 27.7 Å². The average Bonchev–Trinajstić information content (AvgIpc) is 2.83. The van der Waals surface area contributed by atoms with E-state index < -0.39 is 0 Å². The van der Waals surface area contributed by atoms with Gasteiger partial charge in [0.2, 0.25) is 0 Å². The Balaban J connectivity index is 1.37. The van der Waals surface area contributed by atoms with Crippen LogP contribution in [-0.2, 0) is 10.9 Å². The van der Waals surface area contributed by atoms with E-state index >= 15 is 4.39 Å². The van der Waals surface area contributed by atoms with Crippen molar-refractivity contribution in [2.75, 3.05) is 0 Å². The molecular weight excluding hydrogens is 451 g/mol. The quantitative estimate of drug-likeness (QED) is 0.328. The number of hydrogen-bond donors (Lipinski definition) is 0. The summed E-state index contributed by atoms with van der Waals surface area (Å²) in [6.45, 7) is 6.93. The second-order valence-electron chi connectivity index (χ2n) is 12.0. The molecule has 4 aliphatic carbocycles. The van der Waals surface area contributed by atoms with Crippen molar-refractivity contribution in [3.63, 3.8) is 0 Å². The van der Waals surface area contributed by atoms with E-state index in [1.807, 2.05) is 18.2 Å². The van der Waals surface area contributed by atoms with Crippen LogP contribution in [0.2, 0.25) is 0 Å². The summed E-state index contributed by atoms with van der Waals surface area (Å²) in [7, 11) is -0.366. The Bertz CT molecular complexity index is 1120. The molecule has 7 rings (SSSR count). The third-order valence-electron chi connectivity index (χ3n) is 8.90. The summed E-state index contributed by atoms with van der Waals surface area (Å²) in [5.74, 6) is 2.96. The molecule has 3 heteroatoms. The molecule has 0 radical (unpaired) electrons. The molecule has 0 heterocycles. The monoisotopic (exact) mass is 487 g/mol. The molecule has 4 aliphatic rings. The molecule has 0 N–H and O–H groups in total. The zero-order valence-electron chi connectivity index (χ0n) is 21.0. The van der Waals surface area contributed by atoms with Crippen LogP contribution in [0.1, 0.15) is 52.9 Å². The number of ether oxygens (including phenoxy) is 1. The summed E-state index contributed by atoms with van der Waals surface area (Å²) >= 11 is 0. The van der Waals surface area contributed by atoms with Crippen molar-refractivity contribution in [3.8, 4) is 5.75 Å². The molecule has 3 aromatic rings. The Kier molecular flexibility index (Phi) is 5.75. The highest BCUT2D eigenvalue weighted by molar-refractivity contribution is 7.97. The summed E-state index contributed by atoms with van der Waals surface area (Å²) in [6.07, 6.45) is 6.38. The van der Waals surface area contributed by atoms with Crippen LogP contribution in [0.3, 0.4) is 0 Å². The van der Waals surface area contributed by atoms with Gasteiger partial charge in [0.1, 0.15) is 5.60 Å². The highest BCUT2D eigenvalue weighted by Crippen LogP contribution is 2.64. The Hall–Kier alpha value is -2.26. The van der Waals surface area contributed by atoms with Gasteiger partial charge < -0.3 is 4.74 Å². The maximum atomic E-state index is 15.9. The van der Waals surface area contributed by atoms with E-state index in [9.17, 15) is 0 Å². The van der Waals surface area contributed by atoms with Crippen LogP contribution < -0.4 is 4.74 Å². The fraction of sp³-hybridized carbons (Fsp3) is 0.438. The Morgan fingerprint density at radius 1 is 0.714 bits per heavy atom. The lowest BCUT2D eigenvalue weighted by atomic mass is 9.45. The molecule has 182 valence electrons. The van der Waals surface area contributed by atoms with Crippen LogP contribution in [0, 0.1) is 34.9 Å². The largest absolute Gasteiger partial charge is 0.483 e. The number of rotatable bonds is 5. The van der Waals surface area contributed by atoms with Crippen LogP contribution >= 0.6 is 0 Å². The Morgan fingerprint density at radius 2 is 1.23 bits per heavy atom. The maximum Gasteiger partial charge on any atom is 0.170 e. The van der Waals surface area contributed by atoms with Crippen molar-refractivity contribution in [1.29, 1.82) is 0 Å².